The first-order chi connectivity index (χ1) is 10.2. The van der Waals surface area contributed by atoms with E-state index in [9.17, 15) is 4.79 Å². The minimum atomic E-state index is -0.168. The molecule has 2 heterocycles. The van der Waals surface area contributed by atoms with Crippen LogP contribution in [0.5, 0.6) is 0 Å². The predicted molar refractivity (Wildman–Crippen MR) is 81.6 cm³/mol. The molecular formula is C17H19N3O. The maximum Gasteiger partial charge on any atom is 0.237 e. The van der Waals surface area contributed by atoms with Crippen LogP contribution < -0.4 is 10.6 Å². The summed E-state index contributed by atoms with van der Waals surface area (Å²) in [5.41, 5.74) is 3.55. The average Bonchev–Trinajstić information content (AvgIpc) is 2.55. The van der Waals surface area contributed by atoms with Gasteiger partial charge in [-0.3, -0.25) is 9.78 Å². The highest BCUT2D eigenvalue weighted by Gasteiger charge is 2.24. The normalized spacial score (nSPS) is 18.6. The summed E-state index contributed by atoms with van der Waals surface area (Å²) in [6.45, 7) is 2.72. The van der Waals surface area contributed by atoms with Gasteiger partial charge >= 0.3 is 0 Å². The zero-order valence-corrected chi connectivity index (χ0v) is 12.0. The molecule has 0 saturated carbocycles. The van der Waals surface area contributed by atoms with Gasteiger partial charge in [0, 0.05) is 18.9 Å². The number of carbonyl (C=O) groups excluding carboxylic acids is 1. The standard InChI is InChI=1S/C17H19N3O/c1-12(14-7-4-8-18-10-14)20-17(21)16-9-13-5-2-3-6-15(13)11-19-16/h2-8,10,12,16,19H,9,11H2,1H3,(H,20,21)/t12-,16-/m0/s1. The number of hydrogen-bond donors (Lipinski definition) is 2. The fraction of sp³-hybridized carbons (Fsp3) is 0.294. The van der Waals surface area contributed by atoms with Crippen molar-refractivity contribution in [3.05, 3.63) is 65.5 Å². The van der Waals surface area contributed by atoms with E-state index in [1.165, 1.54) is 11.1 Å². The van der Waals surface area contributed by atoms with E-state index in [2.05, 4.69) is 27.8 Å². The van der Waals surface area contributed by atoms with Crippen molar-refractivity contribution in [1.29, 1.82) is 0 Å². The third-order valence-corrected chi connectivity index (χ3v) is 3.94. The second-order valence-electron chi connectivity index (χ2n) is 5.42. The summed E-state index contributed by atoms with van der Waals surface area (Å²) in [5, 5.41) is 6.36. The molecular weight excluding hydrogens is 262 g/mol. The molecule has 0 unspecified atom stereocenters. The number of carbonyl (C=O) groups is 1. The van der Waals surface area contributed by atoms with Crippen molar-refractivity contribution in [1.82, 2.24) is 15.6 Å². The molecule has 2 atom stereocenters. The predicted octanol–water partition coefficient (Wildman–Crippen LogP) is 1.97. The quantitative estimate of drug-likeness (QED) is 0.904. The van der Waals surface area contributed by atoms with Crippen LogP contribution in [0.3, 0.4) is 0 Å². The lowest BCUT2D eigenvalue weighted by molar-refractivity contribution is -0.124. The van der Waals surface area contributed by atoms with Gasteiger partial charge in [-0.2, -0.15) is 0 Å². The number of aromatic nitrogens is 1. The molecule has 4 nitrogen and oxygen atoms in total. The van der Waals surface area contributed by atoms with Crippen LogP contribution in [0.2, 0.25) is 0 Å². The van der Waals surface area contributed by atoms with Crippen LogP contribution in [0.1, 0.15) is 29.7 Å². The van der Waals surface area contributed by atoms with E-state index in [1.54, 1.807) is 12.4 Å². The second-order valence-corrected chi connectivity index (χ2v) is 5.42. The van der Waals surface area contributed by atoms with Crippen molar-refractivity contribution in [3.8, 4) is 0 Å². The molecule has 108 valence electrons. The Morgan fingerprint density at radius 2 is 2.10 bits per heavy atom. The van der Waals surface area contributed by atoms with Crippen molar-refractivity contribution in [2.24, 2.45) is 0 Å². The number of nitrogens with one attached hydrogen (secondary N) is 2. The van der Waals surface area contributed by atoms with Gasteiger partial charge in [0.15, 0.2) is 0 Å². The number of pyridine rings is 1. The molecule has 1 aliphatic rings. The van der Waals surface area contributed by atoms with Gasteiger partial charge in [-0.25, -0.2) is 0 Å². The fourth-order valence-electron chi connectivity index (χ4n) is 2.67. The van der Waals surface area contributed by atoms with E-state index in [-0.39, 0.29) is 18.0 Å². The van der Waals surface area contributed by atoms with Crippen molar-refractivity contribution in [2.45, 2.75) is 32.0 Å². The largest absolute Gasteiger partial charge is 0.348 e. The van der Waals surface area contributed by atoms with E-state index in [0.717, 1.165) is 18.5 Å². The number of nitrogens with zero attached hydrogens (tertiary/aromatic N) is 1. The van der Waals surface area contributed by atoms with Crippen LogP contribution in [0.25, 0.3) is 0 Å². The average molecular weight is 281 g/mol. The van der Waals surface area contributed by atoms with E-state index in [4.69, 9.17) is 0 Å². The number of amides is 1. The van der Waals surface area contributed by atoms with Crippen LogP contribution in [0, 0.1) is 0 Å². The Balaban J connectivity index is 1.65. The van der Waals surface area contributed by atoms with E-state index in [1.807, 2.05) is 31.2 Å². The van der Waals surface area contributed by atoms with Gasteiger partial charge in [-0.15, -0.1) is 0 Å². The molecule has 3 rings (SSSR count). The summed E-state index contributed by atoms with van der Waals surface area (Å²) in [6, 6.07) is 11.9. The highest BCUT2D eigenvalue weighted by atomic mass is 16.2. The van der Waals surface area contributed by atoms with Crippen LogP contribution in [0.15, 0.2) is 48.8 Å². The second kappa shape index (κ2) is 6.06. The minimum absolute atomic E-state index is 0.0369. The van der Waals surface area contributed by atoms with E-state index < -0.39 is 0 Å². The highest BCUT2D eigenvalue weighted by molar-refractivity contribution is 5.82. The molecule has 0 spiro atoms. The molecule has 1 aromatic heterocycles. The van der Waals surface area contributed by atoms with Crippen LogP contribution in [0.4, 0.5) is 0 Å². The van der Waals surface area contributed by atoms with Gasteiger partial charge < -0.3 is 10.6 Å². The Labute approximate surface area is 124 Å². The maximum absolute atomic E-state index is 12.4. The fourth-order valence-corrected chi connectivity index (χ4v) is 2.67. The van der Waals surface area contributed by atoms with Crippen LogP contribution in [-0.4, -0.2) is 16.9 Å². The Morgan fingerprint density at radius 3 is 2.86 bits per heavy atom. The first kappa shape index (κ1) is 13.8. The van der Waals surface area contributed by atoms with Gasteiger partial charge in [0.2, 0.25) is 5.91 Å². The zero-order valence-electron chi connectivity index (χ0n) is 12.0. The molecule has 0 radical (unpaired) electrons. The Bertz CT molecular complexity index is 627. The van der Waals surface area contributed by atoms with Crippen molar-refractivity contribution in [3.63, 3.8) is 0 Å². The highest BCUT2D eigenvalue weighted by Crippen LogP contribution is 2.17. The van der Waals surface area contributed by atoms with E-state index >= 15 is 0 Å². The van der Waals surface area contributed by atoms with Crippen LogP contribution >= 0.6 is 0 Å². The van der Waals surface area contributed by atoms with Crippen molar-refractivity contribution in [2.75, 3.05) is 0 Å². The Morgan fingerprint density at radius 1 is 1.29 bits per heavy atom. The number of fused-ring (bicyclic) bond motifs is 1. The van der Waals surface area contributed by atoms with Gasteiger partial charge in [0.25, 0.3) is 0 Å². The molecule has 2 aromatic rings. The van der Waals surface area contributed by atoms with Gasteiger partial charge in [-0.05, 0) is 36.1 Å². The van der Waals surface area contributed by atoms with Crippen molar-refractivity contribution >= 4 is 5.91 Å². The first-order valence-corrected chi connectivity index (χ1v) is 7.24. The third-order valence-electron chi connectivity index (χ3n) is 3.94. The smallest absolute Gasteiger partial charge is 0.237 e. The summed E-state index contributed by atoms with van der Waals surface area (Å²) in [4.78, 5) is 16.5. The van der Waals surface area contributed by atoms with Crippen molar-refractivity contribution < 1.29 is 4.79 Å². The Hall–Kier alpha value is -2.20. The summed E-state index contributed by atoms with van der Waals surface area (Å²) in [7, 11) is 0. The topological polar surface area (TPSA) is 54.0 Å². The third kappa shape index (κ3) is 3.11. The summed E-state index contributed by atoms with van der Waals surface area (Å²) >= 11 is 0. The Kier molecular flexibility index (Phi) is 3.97. The molecule has 0 aliphatic carbocycles. The number of hydrogen-bond acceptors (Lipinski definition) is 3. The summed E-state index contributed by atoms with van der Waals surface area (Å²) in [5.74, 6) is 0.0425. The lowest BCUT2D eigenvalue weighted by Gasteiger charge is -2.26. The SMILES string of the molecule is C[C@H](NC(=O)[C@@H]1Cc2ccccc2CN1)c1cccnc1. The molecule has 4 heteroatoms. The zero-order chi connectivity index (χ0) is 14.7. The van der Waals surface area contributed by atoms with Gasteiger partial charge in [0.05, 0.1) is 12.1 Å². The summed E-state index contributed by atoms with van der Waals surface area (Å²) < 4.78 is 0. The molecule has 0 bridgehead atoms. The lowest BCUT2D eigenvalue weighted by atomic mass is 9.95. The van der Waals surface area contributed by atoms with Crippen LogP contribution in [-0.2, 0) is 17.8 Å². The number of rotatable bonds is 3. The minimum Gasteiger partial charge on any atom is -0.348 e. The molecule has 1 amide bonds. The summed E-state index contributed by atoms with van der Waals surface area (Å²) in [6.07, 6.45) is 4.26. The molecule has 0 fully saturated rings. The molecule has 1 aliphatic heterocycles. The number of benzene rings is 1. The van der Waals surface area contributed by atoms with Gasteiger partial charge in [-0.1, -0.05) is 30.3 Å². The molecule has 2 N–H and O–H groups in total. The molecule has 21 heavy (non-hydrogen) atoms. The molecule has 0 saturated heterocycles. The van der Waals surface area contributed by atoms with Gasteiger partial charge in [0.1, 0.15) is 0 Å². The molecule has 1 aromatic carbocycles. The lowest BCUT2D eigenvalue weighted by Crippen LogP contribution is -2.48. The maximum atomic E-state index is 12.4. The first-order valence-electron chi connectivity index (χ1n) is 7.24. The van der Waals surface area contributed by atoms with E-state index in [0.29, 0.717) is 0 Å². The monoisotopic (exact) mass is 281 g/mol.